The van der Waals surface area contributed by atoms with Gasteiger partial charge in [-0.15, -0.1) is 0 Å². The summed E-state index contributed by atoms with van der Waals surface area (Å²) >= 11 is 0. The molecule has 100 valence electrons. The molecule has 1 aromatic heterocycles. The molecule has 0 aliphatic heterocycles. The normalized spacial score (nSPS) is 14.5. The Morgan fingerprint density at radius 1 is 1.37 bits per heavy atom. The summed E-state index contributed by atoms with van der Waals surface area (Å²) in [5.74, 6) is -1.64. The number of hydrogen-bond acceptors (Lipinski definition) is 4. The predicted molar refractivity (Wildman–Crippen MR) is 63.7 cm³/mol. The first-order valence-electron chi connectivity index (χ1n) is 6.47. The van der Waals surface area contributed by atoms with E-state index in [0.717, 1.165) is 0 Å². The molecule has 0 amide bonds. The zero-order chi connectivity index (χ0) is 16.7. The van der Waals surface area contributed by atoms with Crippen LogP contribution in [0.2, 0.25) is 0 Å². The zero-order valence-corrected chi connectivity index (χ0v) is 10.2. The van der Waals surface area contributed by atoms with Crippen molar-refractivity contribution in [2.24, 2.45) is 6.98 Å². The van der Waals surface area contributed by atoms with Gasteiger partial charge in [-0.25, -0.2) is 13.2 Å². The van der Waals surface area contributed by atoms with E-state index < -0.39 is 38.8 Å². The van der Waals surface area contributed by atoms with E-state index in [2.05, 4.69) is 0 Å². The fourth-order valence-electron chi connectivity index (χ4n) is 1.42. The van der Waals surface area contributed by atoms with E-state index in [1.165, 1.54) is 24.3 Å². The molecule has 2 N–H and O–H groups in total. The number of aromatic nitrogens is 2. The van der Waals surface area contributed by atoms with Gasteiger partial charge < -0.3 is 0 Å². The van der Waals surface area contributed by atoms with Gasteiger partial charge in [0.25, 0.3) is 0 Å². The van der Waals surface area contributed by atoms with Crippen molar-refractivity contribution in [1.82, 2.24) is 9.55 Å². The Kier molecular flexibility index (Phi) is 2.27. The lowest BCUT2D eigenvalue weighted by Gasteiger charge is -2.07. The SMILES string of the molecule is [2H]C([2H])([2H])n1c(=O)[nH]c(S(=O)(=O)c2ccccc2)c(F)c1=N. The molecule has 0 fully saturated rings. The van der Waals surface area contributed by atoms with Crippen LogP contribution in [0, 0.1) is 11.2 Å². The predicted octanol–water partition coefficient (Wildman–Crippen LogP) is 0.165. The number of H-pyrrole nitrogens is 1. The minimum Gasteiger partial charge on any atom is -0.295 e. The summed E-state index contributed by atoms with van der Waals surface area (Å²) in [6, 6.07) is 6.71. The molecule has 0 atom stereocenters. The number of hydrogen-bond donors (Lipinski definition) is 2. The Hall–Kier alpha value is -2.22. The highest BCUT2D eigenvalue weighted by Crippen LogP contribution is 2.18. The average Bonchev–Trinajstić information content (AvgIpc) is 2.42. The molecule has 0 aliphatic rings. The molecule has 19 heavy (non-hydrogen) atoms. The van der Waals surface area contributed by atoms with Gasteiger partial charge in [0, 0.05) is 11.1 Å². The second kappa shape index (κ2) is 4.47. The maximum absolute atomic E-state index is 14.1. The van der Waals surface area contributed by atoms with Gasteiger partial charge in [-0.2, -0.15) is 4.39 Å². The molecule has 1 aromatic carbocycles. The van der Waals surface area contributed by atoms with Crippen molar-refractivity contribution < 1.29 is 16.9 Å². The highest BCUT2D eigenvalue weighted by atomic mass is 32.2. The van der Waals surface area contributed by atoms with Crippen LogP contribution in [0.5, 0.6) is 0 Å². The second-order valence-electron chi connectivity index (χ2n) is 3.57. The van der Waals surface area contributed by atoms with E-state index in [4.69, 9.17) is 9.52 Å². The number of nitrogens with zero attached hydrogens (tertiary/aromatic N) is 1. The van der Waals surface area contributed by atoms with E-state index >= 15 is 0 Å². The number of aromatic amines is 1. The van der Waals surface area contributed by atoms with Gasteiger partial charge in [0.05, 0.1) is 4.90 Å². The molecular weight excluding hydrogens is 273 g/mol. The summed E-state index contributed by atoms with van der Waals surface area (Å²) in [6.45, 7) is -3.11. The van der Waals surface area contributed by atoms with Crippen molar-refractivity contribution in [1.29, 1.82) is 5.41 Å². The fraction of sp³-hybridized carbons (Fsp3) is 0.0909. The Labute approximate surface area is 111 Å². The number of nitrogens with one attached hydrogen (secondary N) is 2. The summed E-state index contributed by atoms with van der Waals surface area (Å²) < 4.78 is 59.8. The minimum atomic E-state index is -4.42. The molecule has 1 heterocycles. The quantitative estimate of drug-likeness (QED) is 0.770. The molecule has 0 unspecified atom stereocenters. The van der Waals surface area contributed by atoms with Crippen molar-refractivity contribution >= 4 is 9.84 Å². The third-order valence-corrected chi connectivity index (χ3v) is 4.09. The zero-order valence-electron chi connectivity index (χ0n) is 12.3. The van der Waals surface area contributed by atoms with Crippen LogP contribution in [0.25, 0.3) is 0 Å². The van der Waals surface area contributed by atoms with Gasteiger partial charge >= 0.3 is 5.69 Å². The van der Waals surface area contributed by atoms with Gasteiger partial charge in [-0.05, 0) is 12.1 Å². The van der Waals surface area contributed by atoms with Crippen LogP contribution in [-0.2, 0) is 16.8 Å². The number of halogens is 1. The molecule has 0 spiro atoms. The van der Waals surface area contributed by atoms with Gasteiger partial charge in [0.2, 0.25) is 15.7 Å². The average molecular weight is 286 g/mol. The molecule has 2 aromatic rings. The lowest BCUT2D eigenvalue weighted by molar-refractivity contribution is 0.505. The fourth-order valence-corrected chi connectivity index (χ4v) is 2.72. The van der Waals surface area contributed by atoms with Crippen molar-refractivity contribution in [3.63, 3.8) is 0 Å². The van der Waals surface area contributed by atoms with Gasteiger partial charge in [-0.1, -0.05) is 18.2 Å². The number of benzene rings is 1. The maximum atomic E-state index is 14.1. The summed E-state index contributed by atoms with van der Waals surface area (Å²) in [7, 11) is -4.42. The van der Waals surface area contributed by atoms with E-state index in [9.17, 15) is 17.6 Å². The minimum absolute atomic E-state index is 0.133. The highest BCUT2D eigenvalue weighted by Gasteiger charge is 2.24. The molecule has 0 aliphatic carbocycles. The summed E-state index contributed by atoms with van der Waals surface area (Å²) in [6.07, 6.45) is 0. The van der Waals surface area contributed by atoms with Crippen LogP contribution in [0.15, 0.2) is 45.0 Å². The first-order chi connectivity index (χ1) is 10.1. The van der Waals surface area contributed by atoms with E-state index in [1.54, 1.807) is 11.1 Å². The van der Waals surface area contributed by atoms with Crippen LogP contribution in [-0.4, -0.2) is 18.0 Å². The Morgan fingerprint density at radius 3 is 2.58 bits per heavy atom. The van der Waals surface area contributed by atoms with Gasteiger partial charge in [0.1, 0.15) is 0 Å². The first-order valence-corrected chi connectivity index (χ1v) is 6.45. The third-order valence-electron chi connectivity index (χ3n) is 2.38. The summed E-state index contributed by atoms with van der Waals surface area (Å²) in [5, 5.41) is 6.27. The Balaban J connectivity index is 2.81. The first kappa shape index (κ1) is 9.68. The smallest absolute Gasteiger partial charge is 0.295 e. The van der Waals surface area contributed by atoms with Gasteiger partial charge in [0.15, 0.2) is 10.5 Å². The Morgan fingerprint density at radius 2 is 2.00 bits per heavy atom. The monoisotopic (exact) mass is 286 g/mol. The van der Waals surface area contributed by atoms with Crippen LogP contribution in [0.3, 0.4) is 0 Å². The second-order valence-corrected chi connectivity index (χ2v) is 5.46. The van der Waals surface area contributed by atoms with Crippen molar-refractivity contribution in [2.45, 2.75) is 9.92 Å². The molecule has 0 saturated heterocycles. The molecule has 0 bridgehead atoms. The van der Waals surface area contributed by atoms with Crippen molar-refractivity contribution in [3.05, 3.63) is 52.1 Å². The molecule has 6 nitrogen and oxygen atoms in total. The molecule has 0 radical (unpaired) electrons. The topological polar surface area (TPSA) is 95.8 Å². The number of sulfone groups is 1. The van der Waals surface area contributed by atoms with E-state index in [1.807, 2.05) is 0 Å². The Bertz CT molecular complexity index is 933. The van der Waals surface area contributed by atoms with Crippen LogP contribution >= 0.6 is 0 Å². The van der Waals surface area contributed by atoms with Crippen molar-refractivity contribution in [2.75, 3.05) is 0 Å². The van der Waals surface area contributed by atoms with Crippen LogP contribution < -0.4 is 11.2 Å². The summed E-state index contributed by atoms with van der Waals surface area (Å²) in [5.41, 5.74) is -2.75. The van der Waals surface area contributed by atoms with E-state index in [0.29, 0.717) is 0 Å². The lowest BCUT2D eigenvalue weighted by Crippen LogP contribution is -2.37. The number of rotatable bonds is 2. The van der Waals surface area contributed by atoms with Crippen molar-refractivity contribution in [3.8, 4) is 0 Å². The molecular formula is C11H10FN3O3S. The van der Waals surface area contributed by atoms with Crippen LogP contribution in [0.1, 0.15) is 4.11 Å². The largest absolute Gasteiger partial charge is 0.327 e. The van der Waals surface area contributed by atoms with Crippen LogP contribution in [0.4, 0.5) is 4.39 Å². The molecule has 0 saturated carbocycles. The van der Waals surface area contributed by atoms with E-state index in [-0.39, 0.29) is 9.46 Å². The molecule has 8 heteroatoms. The third kappa shape index (κ3) is 2.10. The summed E-state index contributed by atoms with van der Waals surface area (Å²) in [4.78, 5) is 13.1. The lowest BCUT2D eigenvalue weighted by atomic mass is 10.4. The molecule has 2 rings (SSSR count). The van der Waals surface area contributed by atoms with Gasteiger partial charge in [-0.3, -0.25) is 15.0 Å². The standard InChI is InChI=1S/C11H10FN3O3S/c1-15-9(13)8(12)10(14-11(15)16)19(17,18)7-5-3-2-4-6-7/h2-6,13H,1H3,(H,14,16)/i1D3. The maximum Gasteiger partial charge on any atom is 0.327 e. The highest BCUT2D eigenvalue weighted by molar-refractivity contribution is 7.91.